The molecule has 1 aromatic rings. The van der Waals surface area contributed by atoms with Gasteiger partial charge in [0, 0.05) is 5.41 Å². The fourth-order valence-electron chi connectivity index (χ4n) is 2.69. The molecule has 14 heavy (non-hydrogen) atoms. The van der Waals surface area contributed by atoms with Gasteiger partial charge in [-0.15, -0.1) is 0 Å². The average molecular weight is 192 g/mol. The molecule has 1 aliphatic carbocycles. The zero-order valence-electron chi connectivity index (χ0n) is 8.67. The van der Waals surface area contributed by atoms with Crippen molar-refractivity contribution in [1.82, 2.24) is 0 Å². The highest BCUT2D eigenvalue weighted by molar-refractivity contribution is 5.28. The van der Waals surface area contributed by atoms with E-state index in [-0.39, 0.29) is 5.41 Å². The molecule has 1 saturated carbocycles. The van der Waals surface area contributed by atoms with Crippen molar-refractivity contribution in [3.05, 3.63) is 35.9 Å². The van der Waals surface area contributed by atoms with Crippen LogP contribution in [0.15, 0.2) is 30.3 Å². The molecule has 0 nitrogen and oxygen atoms in total. The summed E-state index contributed by atoms with van der Waals surface area (Å²) in [5, 5.41) is 0. The predicted octanol–water partition coefficient (Wildman–Crippen LogP) is 3.86. The monoisotopic (exact) mass is 192 g/mol. The van der Waals surface area contributed by atoms with Crippen LogP contribution in [0.25, 0.3) is 0 Å². The van der Waals surface area contributed by atoms with Gasteiger partial charge in [-0.3, -0.25) is 0 Å². The quantitative estimate of drug-likeness (QED) is 0.667. The van der Waals surface area contributed by atoms with Crippen LogP contribution in [-0.4, -0.2) is 6.17 Å². The van der Waals surface area contributed by atoms with Crippen molar-refractivity contribution in [2.75, 3.05) is 0 Å². The van der Waals surface area contributed by atoms with Crippen LogP contribution in [0.4, 0.5) is 4.39 Å². The standard InChI is InChI=1S/C13H17F/c1-11(14)13(9-5-6-10-13)12-7-3-2-4-8-12/h2-4,7-8,11H,5-6,9-10H2,1H3. The van der Waals surface area contributed by atoms with Gasteiger partial charge in [0.1, 0.15) is 6.17 Å². The maximum atomic E-state index is 13.7. The van der Waals surface area contributed by atoms with Gasteiger partial charge in [0.25, 0.3) is 0 Å². The Morgan fingerprint density at radius 1 is 1.14 bits per heavy atom. The normalized spacial score (nSPS) is 22.1. The minimum Gasteiger partial charge on any atom is -0.247 e. The van der Waals surface area contributed by atoms with Crippen LogP contribution < -0.4 is 0 Å². The van der Waals surface area contributed by atoms with Gasteiger partial charge in [0.05, 0.1) is 0 Å². The van der Waals surface area contributed by atoms with E-state index in [0.717, 1.165) is 12.8 Å². The van der Waals surface area contributed by atoms with Crippen molar-refractivity contribution in [3.63, 3.8) is 0 Å². The Labute approximate surface area is 85.1 Å². The minimum atomic E-state index is -0.729. The third kappa shape index (κ3) is 1.45. The Morgan fingerprint density at radius 2 is 1.71 bits per heavy atom. The molecule has 0 bridgehead atoms. The summed E-state index contributed by atoms with van der Waals surface area (Å²) in [6.45, 7) is 1.71. The molecular weight excluding hydrogens is 175 g/mol. The lowest BCUT2D eigenvalue weighted by Crippen LogP contribution is -2.31. The van der Waals surface area contributed by atoms with Crippen molar-refractivity contribution in [1.29, 1.82) is 0 Å². The van der Waals surface area contributed by atoms with Gasteiger partial charge >= 0.3 is 0 Å². The van der Waals surface area contributed by atoms with Crippen molar-refractivity contribution >= 4 is 0 Å². The van der Waals surface area contributed by atoms with Crippen LogP contribution in [0, 0.1) is 0 Å². The highest BCUT2D eigenvalue weighted by Crippen LogP contribution is 2.44. The molecule has 1 atom stereocenters. The number of alkyl halides is 1. The molecule has 1 aliphatic rings. The fraction of sp³-hybridized carbons (Fsp3) is 0.538. The number of hydrogen-bond acceptors (Lipinski definition) is 0. The first-order valence-electron chi connectivity index (χ1n) is 5.45. The maximum Gasteiger partial charge on any atom is 0.107 e. The van der Waals surface area contributed by atoms with E-state index in [1.165, 1.54) is 18.4 Å². The molecule has 0 aliphatic heterocycles. The summed E-state index contributed by atoms with van der Waals surface area (Å²) < 4.78 is 13.7. The zero-order valence-corrected chi connectivity index (χ0v) is 8.67. The highest BCUT2D eigenvalue weighted by atomic mass is 19.1. The van der Waals surface area contributed by atoms with E-state index >= 15 is 0 Å². The molecule has 0 radical (unpaired) electrons. The second-order valence-corrected chi connectivity index (χ2v) is 4.35. The average Bonchev–Trinajstić information content (AvgIpc) is 2.69. The third-order valence-corrected chi connectivity index (χ3v) is 3.61. The molecule has 1 fully saturated rings. The Bertz CT molecular complexity index is 283. The van der Waals surface area contributed by atoms with Crippen LogP contribution in [0.3, 0.4) is 0 Å². The van der Waals surface area contributed by atoms with Gasteiger partial charge in [0.15, 0.2) is 0 Å². The lowest BCUT2D eigenvalue weighted by atomic mass is 9.75. The van der Waals surface area contributed by atoms with Gasteiger partial charge in [0.2, 0.25) is 0 Å². The molecule has 0 spiro atoms. The Kier molecular flexibility index (Phi) is 2.58. The first-order valence-corrected chi connectivity index (χ1v) is 5.45. The van der Waals surface area contributed by atoms with Gasteiger partial charge in [-0.25, -0.2) is 4.39 Å². The molecular formula is C13H17F. The van der Waals surface area contributed by atoms with E-state index in [2.05, 4.69) is 12.1 Å². The molecule has 1 aromatic carbocycles. The number of halogens is 1. The number of rotatable bonds is 2. The van der Waals surface area contributed by atoms with Gasteiger partial charge in [-0.05, 0) is 25.3 Å². The van der Waals surface area contributed by atoms with Gasteiger partial charge in [-0.1, -0.05) is 43.2 Å². The topological polar surface area (TPSA) is 0 Å². The van der Waals surface area contributed by atoms with Crippen LogP contribution in [0.2, 0.25) is 0 Å². The maximum absolute atomic E-state index is 13.7. The molecule has 1 unspecified atom stereocenters. The fourth-order valence-corrected chi connectivity index (χ4v) is 2.69. The van der Waals surface area contributed by atoms with E-state index in [9.17, 15) is 4.39 Å². The summed E-state index contributed by atoms with van der Waals surface area (Å²) in [6.07, 6.45) is 3.63. The number of hydrogen-bond donors (Lipinski definition) is 0. The second-order valence-electron chi connectivity index (χ2n) is 4.35. The Balaban J connectivity index is 2.36. The summed E-state index contributed by atoms with van der Waals surface area (Å²) in [4.78, 5) is 0. The second kappa shape index (κ2) is 3.72. The van der Waals surface area contributed by atoms with Gasteiger partial charge < -0.3 is 0 Å². The van der Waals surface area contributed by atoms with Crippen molar-refractivity contribution in [3.8, 4) is 0 Å². The summed E-state index contributed by atoms with van der Waals surface area (Å²) in [7, 11) is 0. The first-order chi connectivity index (χ1) is 6.76. The van der Waals surface area contributed by atoms with Crippen LogP contribution in [0.1, 0.15) is 38.2 Å². The number of benzene rings is 1. The molecule has 0 heterocycles. The van der Waals surface area contributed by atoms with Crippen molar-refractivity contribution < 1.29 is 4.39 Å². The zero-order chi connectivity index (χ0) is 10.0. The molecule has 1 heteroatoms. The third-order valence-electron chi connectivity index (χ3n) is 3.61. The molecule has 2 rings (SSSR count). The largest absolute Gasteiger partial charge is 0.247 e. The Morgan fingerprint density at radius 3 is 2.21 bits per heavy atom. The lowest BCUT2D eigenvalue weighted by molar-refractivity contribution is 0.206. The van der Waals surface area contributed by atoms with Crippen LogP contribution in [-0.2, 0) is 5.41 Å². The van der Waals surface area contributed by atoms with E-state index in [0.29, 0.717) is 0 Å². The van der Waals surface area contributed by atoms with Crippen LogP contribution >= 0.6 is 0 Å². The van der Waals surface area contributed by atoms with E-state index in [4.69, 9.17) is 0 Å². The summed E-state index contributed by atoms with van der Waals surface area (Å²) in [5.41, 5.74) is 1.01. The summed E-state index contributed by atoms with van der Waals surface area (Å²) in [5.74, 6) is 0. The Hall–Kier alpha value is -0.850. The molecule has 0 amide bonds. The molecule has 0 aromatic heterocycles. The predicted molar refractivity (Wildman–Crippen MR) is 57.2 cm³/mol. The molecule has 0 N–H and O–H groups in total. The van der Waals surface area contributed by atoms with Crippen molar-refractivity contribution in [2.24, 2.45) is 0 Å². The summed E-state index contributed by atoms with van der Waals surface area (Å²) >= 11 is 0. The van der Waals surface area contributed by atoms with E-state index < -0.39 is 6.17 Å². The van der Waals surface area contributed by atoms with E-state index in [1.807, 2.05) is 18.2 Å². The first kappa shape index (κ1) is 9.70. The lowest BCUT2D eigenvalue weighted by Gasteiger charge is -2.31. The summed E-state index contributed by atoms with van der Waals surface area (Å²) in [6, 6.07) is 10.2. The van der Waals surface area contributed by atoms with E-state index in [1.54, 1.807) is 6.92 Å². The molecule has 0 saturated heterocycles. The van der Waals surface area contributed by atoms with Crippen molar-refractivity contribution in [2.45, 2.75) is 44.2 Å². The highest BCUT2D eigenvalue weighted by Gasteiger charge is 2.40. The minimum absolute atomic E-state index is 0.179. The molecule has 76 valence electrons. The smallest absolute Gasteiger partial charge is 0.107 e. The van der Waals surface area contributed by atoms with Gasteiger partial charge in [-0.2, -0.15) is 0 Å². The van der Waals surface area contributed by atoms with Crippen LogP contribution in [0.5, 0.6) is 0 Å². The SMILES string of the molecule is CC(F)C1(c2ccccc2)CCCC1.